The zero-order valence-electron chi connectivity index (χ0n) is 23.3. The van der Waals surface area contributed by atoms with Gasteiger partial charge in [-0.2, -0.15) is 0 Å². The van der Waals surface area contributed by atoms with Gasteiger partial charge in [0.1, 0.15) is 12.6 Å². The number of hydrogen-bond donors (Lipinski definition) is 3. The first-order chi connectivity index (χ1) is 19.8. The van der Waals surface area contributed by atoms with Crippen LogP contribution in [0.2, 0.25) is 0 Å². The lowest BCUT2D eigenvalue weighted by atomic mass is 9.92. The van der Waals surface area contributed by atoms with Gasteiger partial charge >= 0.3 is 12.1 Å². The Bertz CT molecular complexity index is 1340. The Balaban J connectivity index is 1.28. The Morgan fingerprint density at radius 3 is 2.12 bits per heavy atom. The highest BCUT2D eigenvalue weighted by Crippen LogP contribution is 2.44. The predicted octanol–water partition coefficient (Wildman–Crippen LogP) is 4.93. The second-order valence-electron chi connectivity index (χ2n) is 11.3. The van der Waals surface area contributed by atoms with Crippen LogP contribution in [0.3, 0.4) is 0 Å². The van der Waals surface area contributed by atoms with Crippen molar-refractivity contribution in [1.82, 2.24) is 15.5 Å². The van der Waals surface area contributed by atoms with Crippen molar-refractivity contribution in [2.24, 2.45) is 0 Å². The second-order valence-corrected chi connectivity index (χ2v) is 11.3. The summed E-state index contributed by atoms with van der Waals surface area (Å²) >= 11 is 0. The highest BCUT2D eigenvalue weighted by molar-refractivity contribution is 5.87. The fourth-order valence-corrected chi connectivity index (χ4v) is 6.28. The quantitative estimate of drug-likeness (QED) is 0.310. The Morgan fingerprint density at radius 1 is 0.927 bits per heavy atom. The standard InChI is InChI=1S/C33H37N3O5/c1-36(20-23-11-3-2-4-12-23)21-29(31(39)35-33(19-30(37)38)17-9-10-18-33)34-32(40)41-22-28-26-15-7-5-13-24(26)25-14-6-8-16-27(25)28/h2-8,11-16,28-29H,9-10,17-22H2,1H3,(H,34,40)(H,35,39)(H,37,38). The van der Waals surface area contributed by atoms with Gasteiger partial charge in [-0.05, 0) is 47.7 Å². The molecule has 8 nitrogen and oxygen atoms in total. The molecule has 1 saturated carbocycles. The highest BCUT2D eigenvalue weighted by atomic mass is 16.5. The molecule has 3 aromatic rings. The third-order valence-electron chi connectivity index (χ3n) is 8.18. The van der Waals surface area contributed by atoms with Gasteiger partial charge < -0.3 is 20.5 Å². The minimum atomic E-state index is -0.950. The van der Waals surface area contributed by atoms with Gasteiger partial charge in [0.05, 0.1) is 12.0 Å². The number of ether oxygens (including phenoxy) is 1. The first-order valence-electron chi connectivity index (χ1n) is 14.2. The SMILES string of the molecule is CN(Cc1ccccc1)CC(NC(=O)OCC1c2ccccc2-c2ccccc21)C(=O)NC1(CC(=O)O)CCCC1. The maximum atomic E-state index is 13.6. The molecule has 2 aliphatic carbocycles. The lowest BCUT2D eigenvalue weighted by Gasteiger charge is -2.32. The summed E-state index contributed by atoms with van der Waals surface area (Å²) in [6.45, 7) is 0.947. The normalized spacial score (nSPS) is 16.0. The summed E-state index contributed by atoms with van der Waals surface area (Å²) in [4.78, 5) is 40.3. The number of nitrogens with one attached hydrogen (secondary N) is 2. The first kappa shape index (κ1) is 28.4. The van der Waals surface area contributed by atoms with Crippen molar-refractivity contribution in [2.45, 2.75) is 56.1 Å². The highest BCUT2D eigenvalue weighted by Gasteiger charge is 2.39. The number of hydrogen-bond acceptors (Lipinski definition) is 5. The molecule has 0 heterocycles. The molecule has 8 heteroatoms. The molecule has 0 radical (unpaired) electrons. The van der Waals surface area contributed by atoms with Gasteiger partial charge in [-0.25, -0.2) is 4.79 Å². The lowest BCUT2D eigenvalue weighted by molar-refractivity contribution is -0.139. The Kier molecular flexibility index (Phi) is 8.69. The molecular weight excluding hydrogens is 518 g/mol. The van der Waals surface area contributed by atoms with Crippen LogP contribution in [-0.4, -0.2) is 59.8 Å². The van der Waals surface area contributed by atoms with Crippen molar-refractivity contribution in [2.75, 3.05) is 20.2 Å². The molecule has 1 fully saturated rings. The molecule has 3 N–H and O–H groups in total. The van der Waals surface area contributed by atoms with Gasteiger partial charge in [0.2, 0.25) is 5.91 Å². The predicted molar refractivity (Wildman–Crippen MR) is 156 cm³/mol. The first-order valence-corrected chi connectivity index (χ1v) is 14.2. The van der Waals surface area contributed by atoms with Crippen molar-refractivity contribution in [3.05, 3.63) is 95.6 Å². The molecule has 41 heavy (non-hydrogen) atoms. The average Bonchev–Trinajstić information content (AvgIpc) is 3.54. The number of aliphatic carboxylic acids is 1. The smallest absolute Gasteiger partial charge is 0.407 e. The molecule has 1 unspecified atom stereocenters. The van der Waals surface area contributed by atoms with Gasteiger partial charge in [-0.1, -0.05) is 91.7 Å². The number of likely N-dealkylation sites (N-methyl/N-ethyl adjacent to an activating group) is 1. The number of nitrogens with zero attached hydrogens (tertiary/aromatic N) is 1. The Labute approximate surface area is 240 Å². The van der Waals surface area contributed by atoms with Gasteiger partial charge in [0.15, 0.2) is 0 Å². The fraction of sp³-hybridized carbons (Fsp3) is 0.364. The Morgan fingerprint density at radius 2 is 1.51 bits per heavy atom. The van der Waals surface area contributed by atoms with Crippen LogP contribution in [0, 0.1) is 0 Å². The van der Waals surface area contributed by atoms with Crippen molar-refractivity contribution in [1.29, 1.82) is 0 Å². The zero-order chi connectivity index (χ0) is 28.8. The minimum Gasteiger partial charge on any atom is -0.481 e. The maximum Gasteiger partial charge on any atom is 0.407 e. The van der Waals surface area contributed by atoms with Gasteiger partial charge in [0.25, 0.3) is 0 Å². The molecule has 0 aromatic heterocycles. The molecule has 0 spiro atoms. The van der Waals surface area contributed by atoms with Crippen LogP contribution in [0.5, 0.6) is 0 Å². The van der Waals surface area contributed by atoms with Crippen LogP contribution in [0.25, 0.3) is 11.1 Å². The van der Waals surface area contributed by atoms with Crippen LogP contribution in [0.4, 0.5) is 4.79 Å². The number of carboxylic acid groups (broad SMARTS) is 1. The molecule has 0 saturated heterocycles. The lowest BCUT2D eigenvalue weighted by Crippen LogP contribution is -2.58. The van der Waals surface area contributed by atoms with E-state index in [0.29, 0.717) is 19.4 Å². The number of alkyl carbamates (subject to hydrolysis) is 1. The summed E-state index contributed by atoms with van der Waals surface area (Å²) in [7, 11) is 1.88. The van der Waals surface area contributed by atoms with E-state index in [1.165, 1.54) is 0 Å². The van der Waals surface area contributed by atoms with E-state index in [-0.39, 0.29) is 25.5 Å². The van der Waals surface area contributed by atoms with Crippen LogP contribution < -0.4 is 10.6 Å². The molecule has 0 bridgehead atoms. The zero-order valence-corrected chi connectivity index (χ0v) is 23.3. The summed E-state index contributed by atoms with van der Waals surface area (Å²) in [5.41, 5.74) is 4.76. The number of benzene rings is 3. The van der Waals surface area contributed by atoms with Crippen LogP contribution in [0.15, 0.2) is 78.9 Å². The fourth-order valence-electron chi connectivity index (χ4n) is 6.28. The third kappa shape index (κ3) is 6.77. The van der Waals surface area contributed by atoms with Crippen molar-refractivity contribution >= 4 is 18.0 Å². The van der Waals surface area contributed by atoms with E-state index in [4.69, 9.17) is 4.74 Å². The molecule has 2 aliphatic rings. The van der Waals surface area contributed by atoms with Crippen LogP contribution in [0.1, 0.15) is 54.7 Å². The van der Waals surface area contributed by atoms with E-state index in [1.54, 1.807) is 0 Å². The van der Waals surface area contributed by atoms with Gasteiger partial charge in [-0.3, -0.25) is 14.5 Å². The van der Waals surface area contributed by atoms with Crippen LogP contribution >= 0.6 is 0 Å². The van der Waals surface area contributed by atoms with E-state index < -0.39 is 29.6 Å². The topological polar surface area (TPSA) is 108 Å². The van der Waals surface area contributed by atoms with Crippen molar-refractivity contribution < 1.29 is 24.2 Å². The summed E-state index contributed by atoms with van der Waals surface area (Å²) in [6.07, 6.45) is 2.08. The third-order valence-corrected chi connectivity index (χ3v) is 8.18. The number of carbonyl (C=O) groups is 3. The molecular formula is C33H37N3O5. The summed E-state index contributed by atoms with van der Waals surface area (Å²) in [5, 5.41) is 15.3. The Hall–Kier alpha value is -4.17. The van der Waals surface area contributed by atoms with Gasteiger partial charge in [-0.15, -0.1) is 0 Å². The average molecular weight is 556 g/mol. The molecule has 5 rings (SSSR count). The van der Waals surface area contributed by atoms with Crippen molar-refractivity contribution in [3.8, 4) is 11.1 Å². The monoisotopic (exact) mass is 555 g/mol. The molecule has 0 aliphatic heterocycles. The number of carbonyl (C=O) groups excluding carboxylic acids is 2. The largest absolute Gasteiger partial charge is 0.481 e. The minimum absolute atomic E-state index is 0.0986. The van der Waals surface area contributed by atoms with E-state index in [1.807, 2.05) is 66.5 Å². The number of carboxylic acids is 1. The number of rotatable bonds is 11. The van der Waals surface area contributed by atoms with E-state index >= 15 is 0 Å². The molecule has 1 atom stereocenters. The molecule has 2 amide bonds. The molecule has 3 aromatic carbocycles. The number of amides is 2. The summed E-state index contributed by atoms with van der Waals surface area (Å²) < 4.78 is 5.74. The maximum absolute atomic E-state index is 13.6. The van der Waals surface area contributed by atoms with Gasteiger partial charge in [0, 0.05) is 19.0 Å². The second kappa shape index (κ2) is 12.6. The van der Waals surface area contributed by atoms with E-state index in [9.17, 15) is 19.5 Å². The van der Waals surface area contributed by atoms with E-state index in [2.05, 4.69) is 34.9 Å². The van der Waals surface area contributed by atoms with E-state index in [0.717, 1.165) is 40.7 Å². The van der Waals surface area contributed by atoms with Crippen molar-refractivity contribution in [3.63, 3.8) is 0 Å². The molecule has 214 valence electrons. The number of fused-ring (bicyclic) bond motifs is 3. The van der Waals surface area contributed by atoms with Crippen LogP contribution in [-0.2, 0) is 20.9 Å². The summed E-state index contributed by atoms with van der Waals surface area (Å²) in [5.74, 6) is -1.45. The summed E-state index contributed by atoms with van der Waals surface area (Å²) in [6, 6.07) is 25.2.